The van der Waals surface area contributed by atoms with Gasteiger partial charge in [0.2, 0.25) is 5.91 Å². The number of aryl methyl sites for hydroxylation is 1. The highest BCUT2D eigenvalue weighted by Crippen LogP contribution is 2.53. The molecular weight excluding hydrogens is 301 g/mol. The molecule has 1 atom stereocenters. The molecule has 2 rings (SSSR count). The van der Waals surface area contributed by atoms with Gasteiger partial charge in [-0.15, -0.1) is 23.2 Å². The lowest BCUT2D eigenvalue weighted by Gasteiger charge is -2.06. The van der Waals surface area contributed by atoms with Crippen LogP contribution in [0.15, 0.2) is 11.1 Å². The Morgan fingerprint density at radius 2 is 2.17 bits per heavy atom. The number of carbonyl (C=O) groups excluding carboxylic acids is 1. The van der Waals surface area contributed by atoms with E-state index in [0.717, 1.165) is 0 Å². The number of hydrogen-bond donors (Lipinski definition) is 1. The Morgan fingerprint density at radius 3 is 2.56 bits per heavy atom. The molecule has 1 saturated carbocycles. The number of hydrogen-bond acceptors (Lipinski definition) is 4. The van der Waals surface area contributed by atoms with Gasteiger partial charge >= 0.3 is 0 Å². The molecule has 1 aliphatic rings. The Bertz CT molecular complexity index is 609. The normalized spacial score (nSPS) is 21.7. The van der Waals surface area contributed by atoms with Crippen molar-refractivity contribution in [1.29, 1.82) is 0 Å². The van der Waals surface area contributed by atoms with Gasteiger partial charge in [-0.25, -0.2) is 13.1 Å². The third-order valence-electron chi connectivity index (χ3n) is 2.86. The molecule has 0 saturated heterocycles. The summed E-state index contributed by atoms with van der Waals surface area (Å²) in [4.78, 5) is 11.6. The lowest BCUT2D eigenvalue weighted by molar-refractivity contribution is -0.120. The van der Waals surface area contributed by atoms with E-state index < -0.39 is 26.2 Å². The second kappa shape index (κ2) is 4.11. The number of rotatable bonds is 3. The highest BCUT2D eigenvalue weighted by molar-refractivity contribution is 7.90. The van der Waals surface area contributed by atoms with Crippen molar-refractivity contribution in [1.82, 2.24) is 14.5 Å². The molecule has 1 N–H and O–H groups in total. The fraction of sp³-hybridized carbons (Fsp3) is 0.556. The summed E-state index contributed by atoms with van der Waals surface area (Å²) in [6.45, 7) is 1.59. The predicted molar refractivity (Wildman–Crippen MR) is 65.8 cm³/mol. The summed E-state index contributed by atoms with van der Waals surface area (Å²) >= 11 is 11.4. The van der Waals surface area contributed by atoms with E-state index in [1.807, 2.05) is 4.72 Å². The van der Waals surface area contributed by atoms with Crippen molar-refractivity contribution in [2.45, 2.75) is 22.6 Å². The van der Waals surface area contributed by atoms with Crippen molar-refractivity contribution in [2.75, 3.05) is 0 Å². The summed E-state index contributed by atoms with van der Waals surface area (Å²) in [7, 11) is -2.31. The van der Waals surface area contributed by atoms with E-state index in [1.165, 1.54) is 10.9 Å². The number of nitrogens with one attached hydrogen (secondary N) is 1. The largest absolute Gasteiger partial charge is 0.274 e. The lowest BCUT2D eigenvalue weighted by Crippen LogP contribution is -2.33. The first-order valence-corrected chi connectivity index (χ1v) is 7.32. The minimum atomic E-state index is -3.92. The van der Waals surface area contributed by atoms with Gasteiger partial charge in [-0.1, -0.05) is 0 Å². The first-order valence-electron chi connectivity index (χ1n) is 5.08. The van der Waals surface area contributed by atoms with Gasteiger partial charge in [0, 0.05) is 7.05 Å². The second-order valence-corrected chi connectivity index (χ2v) is 7.40. The molecule has 0 radical (unpaired) electrons. The third kappa shape index (κ3) is 2.34. The lowest BCUT2D eigenvalue weighted by atomic mass is 10.4. The van der Waals surface area contributed by atoms with Crippen molar-refractivity contribution in [3.8, 4) is 0 Å². The van der Waals surface area contributed by atoms with Crippen molar-refractivity contribution in [3.63, 3.8) is 0 Å². The minimum absolute atomic E-state index is 0.0336. The maximum Gasteiger partial charge on any atom is 0.267 e. The highest BCUT2D eigenvalue weighted by atomic mass is 35.5. The van der Waals surface area contributed by atoms with Gasteiger partial charge in [0.15, 0.2) is 0 Å². The highest BCUT2D eigenvalue weighted by Gasteiger charge is 2.57. The summed E-state index contributed by atoms with van der Waals surface area (Å²) in [5.41, 5.74) is 0.439. The van der Waals surface area contributed by atoms with Crippen LogP contribution in [0.3, 0.4) is 0 Å². The molecule has 0 bridgehead atoms. The standard InChI is InChI=1S/C9H11Cl2N3O3S/c1-5-7(4-12-14(5)2)18(16,17)13-8(15)6-3-9(6,10)11/h4,6H,3H2,1-2H3,(H,13,15). The fourth-order valence-corrected chi connectivity index (χ4v) is 3.23. The number of amides is 1. The molecule has 0 spiro atoms. The maximum atomic E-state index is 11.9. The van der Waals surface area contributed by atoms with Crippen LogP contribution in [0.4, 0.5) is 0 Å². The predicted octanol–water partition coefficient (Wildman–Crippen LogP) is 0.727. The summed E-state index contributed by atoms with van der Waals surface area (Å²) in [5, 5.41) is 3.81. The van der Waals surface area contributed by atoms with Crippen molar-refractivity contribution >= 4 is 39.1 Å². The Hall–Kier alpha value is -0.790. The van der Waals surface area contributed by atoms with Gasteiger partial charge in [-0.3, -0.25) is 9.48 Å². The van der Waals surface area contributed by atoms with Crippen LogP contribution in [-0.2, 0) is 21.9 Å². The van der Waals surface area contributed by atoms with Gasteiger partial charge in [-0.2, -0.15) is 5.10 Å². The number of aromatic nitrogens is 2. The topological polar surface area (TPSA) is 81.1 Å². The molecule has 1 fully saturated rings. The number of halogens is 2. The fourth-order valence-electron chi connectivity index (χ4n) is 1.50. The number of carbonyl (C=O) groups is 1. The Balaban J connectivity index is 2.19. The summed E-state index contributed by atoms with van der Waals surface area (Å²) < 4.78 is 26.1. The molecule has 1 aliphatic carbocycles. The first kappa shape index (κ1) is 13.6. The van der Waals surface area contributed by atoms with Gasteiger partial charge in [0.1, 0.15) is 9.23 Å². The molecule has 9 heteroatoms. The maximum absolute atomic E-state index is 11.9. The SMILES string of the molecule is Cc1c(S(=O)(=O)NC(=O)C2CC2(Cl)Cl)cnn1C. The van der Waals surface area contributed by atoms with Gasteiger partial charge in [-0.05, 0) is 13.3 Å². The molecule has 1 aromatic rings. The molecule has 18 heavy (non-hydrogen) atoms. The quantitative estimate of drug-likeness (QED) is 0.834. The van der Waals surface area contributed by atoms with Crippen molar-refractivity contribution in [2.24, 2.45) is 13.0 Å². The van der Waals surface area contributed by atoms with E-state index in [9.17, 15) is 13.2 Å². The number of sulfonamides is 1. The zero-order chi connectivity index (χ0) is 13.7. The molecule has 1 unspecified atom stereocenters. The van der Waals surface area contributed by atoms with E-state index in [-0.39, 0.29) is 11.3 Å². The monoisotopic (exact) mass is 311 g/mol. The zero-order valence-electron chi connectivity index (χ0n) is 9.65. The van der Waals surface area contributed by atoms with Crippen molar-refractivity contribution < 1.29 is 13.2 Å². The number of alkyl halides is 2. The van der Waals surface area contributed by atoms with Crippen LogP contribution in [0.5, 0.6) is 0 Å². The smallest absolute Gasteiger partial charge is 0.267 e. The van der Waals surface area contributed by atoms with Crippen LogP contribution in [-0.4, -0.2) is 28.4 Å². The van der Waals surface area contributed by atoms with Crippen LogP contribution < -0.4 is 4.72 Å². The van der Waals surface area contributed by atoms with Gasteiger partial charge < -0.3 is 0 Å². The van der Waals surface area contributed by atoms with Gasteiger partial charge in [0.25, 0.3) is 10.0 Å². The molecule has 1 amide bonds. The molecule has 0 aliphatic heterocycles. The average molecular weight is 312 g/mol. The summed E-state index contributed by atoms with van der Waals surface area (Å²) in [6, 6.07) is 0. The molecule has 6 nitrogen and oxygen atoms in total. The van der Waals surface area contributed by atoms with Crippen LogP contribution >= 0.6 is 23.2 Å². The van der Waals surface area contributed by atoms with Crippen molar-refractivity contribution in [3.05, 3.63) is 11.9 Å². The Morgan fingerprint density at radius 1 is 1.61 bits per heavy atom. The Kier molecular flexibility index (Phi) is 3.11. The summed E-state index contributed by atoms with van der Waals surface area (Å²) in [6.07, 6.45) is 1.44. The molecule has 0 aromatic carbocycles. The van der Waals surface area contributed by atoms with Crippen LogP contribution in [0.25, 0.3) is 0 Å². The summed E-state index contributed by atoms with van der Waals surface area (Å²) in [5.74, 6) is -1.38. The number of nitrogens with zero attached hydrogens (tertiary/aromatic N) is 2. The van der Waals surface area contributed by atoms with E-state index >= 15 is 0 Å². The third-order valence-corrected chi connectivity index (χ3v) is 5.14. The van der Waals surface area contributed by atoms with E-state index in [0.29, 0.717) is 5.69 Å². The van der Waals surface area contributed by atoms with Crippen LogP contribution in [0.2, 0.25) is 0 Å². The van der Waals surface area contributed by atoms with Crippen LogP contribution in [0, 0.1) is 12.8 Å². The second-order valence-electron chi connectivity index (χ2n) is 4.21. The minimum Gasteiger partial charge on any atom is -0.274 e. The molecule has 1 aromatic heterocycles. The average Bonchev–Trinajstić information content (AvgIpc) is 2.73. The molecule has 1 heterocycles. The van der Waals surface area contributed by atoms with E-state index in [4.69, 9.17) is 23.2 Å². The van der Waals surface area contributed by atoms with E-state index in [2.05, 4.69) is 5.10 Å². The Labute approximate surface area is 114 Å². The first-order chi connectivity index (χ1) is 8.15. The van der Waals surface area contributed by atoms with Gasteiger partial charge in [0.05, 0.1) is 17.8 Å². The molecule has 100 valence electrons. The van der Waals surface area contributed by atoms with Crippen LogP contribution in [0.1, 0.15) is 12.1 Å². The van der Waals surface area contributed by atoms with E-state index in [1.54, 1.807) is 14.0 Å². The molecular formula is C9H11Cl2N3O3S. The zero-order valence-corrected chi connectivity index (χ0v) is 12.0.